The third kappa shape index (κ3) is 3.35. The molecule has 22 heavy (non-hydrogen) atoms. The molecule has 0 fully saturated rings. The number of benzene rings is 1. The van der Waals surface area contributed by atoms with Gasteiger partial charge in [-0.25, -0.2) is 4.98 Å². The van der Waals surface area contributed by atoms with Crippen LogP contribution in [0, 0.1) is 5.95 Å². The van der Waals surface area contributed by atoms with Gasteiger partial charge in [-0.1, -0.05) is 30.3 Å². The second-order valence-electron chi connectivity index (χ2n) is 4.73. The van der Waals surface area contributed by atoms with Crippen molar-refractivity contribution in [3.8, 4) is 0 Å². The molecule has 1 aromatic carbocycles. The number of carbonyl (C=O) groups excluding carboxylic acids is 1. The molecule has 1 N–H and O–H groups in total. The average molecular weight is 296 g/mol. The van der Waals surface area contributed by atoms with Crippen molar-refractivity contribution in [2.75, 3.05) is 5.32 Å². The van der Waals surface area contributed by atoms with Crippen LogP contribution in [0.2, 0.25) is 0 Å². The maximum Gasteiger partial charge on any atom is 0.255 e. The first kappa shape index (κ1) is 13.9. The van der Waals surface area contributed by atoms with Crippen molar-refractivity contribution in [2.45, 2.75) is 6.54 Å². The fourth-order valence-corrected chi connectivity index (χ4v) is 2.03. The number of carbonyl (C=O) groups is 1. The lowest BCUT2D eigenvalue weighted by molar-refractivity contribution is 0.102. The van der Waals surface area contributed by atoms with Crippen molar-refractivity contribution in [3.05, 3.63) is 78.1 Å². The number of aromatic nitrogens is 3. The minimum atomic E-state index is -0.688. The Morgan fingerprint density at radius 3 is 2.82 bits per heavy atom. The molecular formula is C16H13FN4O. The molecule has 0 aliphatic heterocycles. The number of halogens is 1. The number of rotatable bonds is 4. The van der Waals surface area contributed by atoms with Crippen LogP contribution in [0.5, 0.6) is 0 Å². The van der Waals surface area contributed by atoms with E-state index in [1.165, 1.54) is 12.3 Å². The first-order chi connectivity index (χ1) is 10.7. The number of anilines is 1. The van der Waals surface area contributed by atoms with Crippen molar-refractivity contribution in [3.63, 3.8) is 0 Å². The fraction of sp³-hybridized carbons (Fsp3) is 0.0625. The highest BCUT2D eigenvalue weighted by molar-refractivity contribution is 6.04. The van der Waals surface area contributed by atoms with Gasteiger partial charge in [0.05, 0.1) is 18.4 Å². The van der Waals surface area contributed by atoms with Gasteiger partial charge in [0, 0.05) is 24.0 Å². The normalized spacial score (nSPS) is 10.4. The molecule has 1 amide bonds. The van der Waals surface area contributed by atoms with Crippen molar-refractivity contribution in [1.29, 1.82) is 0 Å². The Hall–Kier alpha value is -3.02. The molecule has 3 rings (SSSR count). The highest BCUT2D eigenvalue weighted by Gasteiger charge is 2.09. The zero-order chi connectivity index (χ0) is 15.4. The topological polar surface area (TPSA) is 59.8 Å². The largest absolute Gasteiger partial charge is 0.319 e. The first-order valence-corrected chi connectivity index (χ1v) is 6.70. The minimum Gasteiger partial charge on any atom is -0.319 e. The van der Waals surface area contributed by atoms with Gasteiger partial charge in [0.25, 0.3) is 5.91 Å². The fourth-order valence-electron chi connectivity index (χ4n) is 2.03. The lowest BCUT2D eigenvalue weighted by Crippen LogP contribution is -2.12. The van der Waals surface area contributed by atoms with E-state index in [1.54, 1.807) is 17.1 Å². The van der Waals surface area contributed by atoms with E-state index in [0.717, 1.165) is 11.6 Å². The van der Waals surface area contributed by atoms with Gasteiger partial charge in [0.1, 0.15) is 0 Å². The summed E-state index contributed by atoms with van der Waals surface area (Å²) in [6, 6.07) is 12.4. The smallest absolute Gasteiger partial charge is 0.255 e. The molecule has 2 aromatic heterocycles. The molecule has 0 saturated carbocycles. The third-order valence-corrected chi connectivity index (χ3v) is 3.07. The van der Waals surface area contributed by atoms with E-state index in [0.29, 0.717) is 12.2 Å². The predicted octanol–water partition coefficient (Wildman–Crippen LogP) is 2.72. The lowest BCUT2D eigenvalue weighted by Gasteiger charge is -2.02. The van der Waals surface area contributed by atoms with E-state index >= 15 is 0 Å². The lowest BCUT2D eigenvalue weighted by atomic mass is 10.2. The maximum absolute atomic E-state index is 13.0. The van der Waals surface area contributed by atoms with Crippen LogP contribution in [-0.2, 0) is 6.54 Å². The van der Waals surface area contributed by atoms with Crippen LogP contribution < -0.4 is 5.32 Å². The van der Waals surface area contributed by atoms with Gasteiger partial charge in [-0.3, -0.25) is 9.48 Å². The molecular weight excluding hydrogens is 283 g/mol. The Morgan fingerprint density at radius 2 is 2.05 bits per heavy atom. The number of hydrogen-bond donors (Lipinski definition) is 1. The van der Waals surface area contributed by atoms with Crippen molar-refractivity contribution in [2.24, 2.45) is 0 Å². The highest BCUT2D eigenvalue weighted by Crippen LogP contribution is 2.10. The van der Waals surface area contributed by atoms with Gasteiger partial charge >= 0.3 is 0 Å². The zero-order valence-electron chi connectivity index (χ0n) is 11.6. The molecule has 0 saturated heterocycles. The average Bonchev–Trinajstić information content (AvgIpc) is 2.95. The van der Waals surface area contributed by atoms with Crippen LogP contribution in [0.4, 0.5) is 10.1 Å². The van der Waals surface area contributed by atoms with Crippen molar-refractivity contribution in [1.82, 2.24) is 14.8 Å². The molecule has 110 valence electrons. The van der Waals surface area contributed by atoms with Gasteiger partial charge in [-0.2, -0.15) is 9.49 Å². The summed E-state index contributed by atoms with van der Waals surface area (Å²) in [6.45, 7) is 0.612. The summed E-state index contributed by atoms with van der Waals surface area (Å²) < 4.78 is 14.7. The second-order valence-corrected chi connectivity index (χ2v) is 4.73. The number of pyridine rings is 1. The summed E-state index contributed by atoms with van der Waals surface area (Å²) in [4.78, 5) is 15.4. The Balaban J connectivity index is 1.68. The summed E-state index contributed by atoms with van der Waals surface area (Å²) in [5, 5.41) is 6.87. The molecule has 5 nitrogen and oxygen atoms in total. The van der Waals surface area contributed by atoms with E-state index in [4.69, 9.17) is 0 Å². The SMILES string of the molecule is O=C(Nc1cnn(Cc2ccccc2)c1)c1ccnc(F)c1. The summed E-state index contributed by atoms with van der Waals surface area (Å²) >= 11 is 0. The zero-order valence-corrected chi connectivity index (χ0v) is 11.6. The van der Waals surface area contributed by atoms with Crippen molar-refractivity contribution >= 4 is 11.6 Å². The van der Waals surface area contributed by atoms with E-state index in [9.17, 15) is 9.18 Å². The number of nitrogens with one attached hydrogen (secondary N) is 1. The van der Waals surface area contributed by atoms with Crippen LogP contribution in [0.15, 0.2) is 61.1 Å². The Bertz CT molecular complexity index is 786. The van der Waals surface area contributed by atoms with Gasteiger partial charge in [-0.05, 0) is 11.6 Å². The van der Waals surface area contributed by atoms with E-state index < -0.39 is 11.9 Å². The van der Waals surface area contributed by atoms with E-state index in [-0.39, 0.29) is 5.56 Å². The Labute approximate surface area is 126 Å². The summed E-state index contributed by atoms with van der Waals surface area (Å²) in [5.74, 6) is -1.09. The summed E-state index contributed by atoms with van der Waals surface area (Å²) in [5.41, 5.74) is 1.88. The number of amides is 1. The van der Waals surface area contributed by atoms with Crippen LogP contribution in [0.25, 0.3) is 0 Å². The van der Waals surface area contributed by atoms with Crippen LogP contribution in [-0.4, -0.2) is 20.7 Å². The second kappa shape index (κ2) is 6.17. The molecule has 0 bridgehead atoms. The molecule has 0 atom stereocenters. The first-order valence-electron chi connectivity index (χ1n) is 6.70. The Morgan fingerprint density at radius 1 is 1.23 bits per heavy atom. The van der Waals surface area contributed by atoms with Crippen LogP contribution in [0.1, 0.15) is 15.9 Å². The molecule has 0 radical (unpaired) electrons. The molecule has 0 aliphatic carbocycles. The Kier molecular flexibility index (Phi) is 3.91. The molecule has 2 heterocycles. The predicted molar refractivity (Wildman–Crippen MR) is 79.9 cm³/mol. The van der Waals surface area contributed by atoms with Crippen LogP contribution >= 0.6 is 0 Å². The maximum atomic E-state index is 13.0. The minimum absolute atomic E-state index is 0.211. The molecule has 0 spiro atoms. The summed E-state index contributed by atoms with van der Waals surface area (Å²) in [6.07, 6.45) is 4.53. The van der Waals surface area contributed by atoms with Gasteiger partial charge in [-0.15, -0.1) is 0 Å². The van der Waals surface area contributed by atoms with E-state index in [1.807, 2.05) is 30.3 Å². The van der Waals surface area contributed by atoms with E-state index in [2.05, 4.69) is 15.4 Å². The number of nitrogens with zero attached hydrogens (tertiary/aromatic N) is 3. The monoisotopic (exact) mass is 296 g/mol. The molecule has 6 heteroatoms. The third-order valence-electron chi connectivity index (χ3n) is 3.07. The quantitative estimate of drug-likeness (QED) is 0.753. The molecule has 0 unspecified atom stereocenters. The van der Waals surface area contributed by atoms with Gasteiger partial charge in [0.2, 0.25) is 5.95 Å². The van der Waals surface area contributed by atoms with Gasteiger partial charge in [0.15, 0.2) is 0 Å². The highest BCUT2D eigenvalue weighted by atomic mass is 19.1. The van der Waals surface area contributed by atoms with Crippen LogP contribution in [0.3, 0.4) is 0 Å². The number of hydrogen-bond acceptors (Lipinski definition) is 3. The van der Waals surface area contributed by atoms with Crippen molar-refractivity contribution < 1.29 is 9.18 Å². The van der Waals surface area contributed by atoms with Gasteiger partial charge < -0.3 is 5.32 Å². The molecule has 0 aliphatic rings. The standard InChI is InChI=1S/C16H13FN4O/c17-15-8-13(6-7-18-15)16(22)20-14-9-19-21(11-14)10-12-4-2-1-3-5-12/h1-9,11H,10H2,(H,20,22). The molecule has 3 aromatic rings. The summed E-state index contributed by atoms with van der Waals surface area (Å²) in [7, 11) is 0.